The van der Waals surface area contributed by atoms with Crippen LogP contribution in [0.25, 0.3) is 5.57 Å². The van der Waals surface area contributed by atoms with Crippen molar-refractivity contribution in [2.75, 3.05) is 6.54 Å². The Morgan fingerprint density at radius 3 is 2.58 bits per heavy atom. The van der Waals surface area contributed by atoms with Crippen molar-refractivity contribution < 1.29 is 0 Å². The number of hydrogen-bond donors (Lipinski definition) is 1. The molecule has 0 amide bonds. The zero-order valence-electron chi connectivity index (χ0n) is 11.1. The molecule has 0 radical (unpaired) electrons. The van der Waals surface area contributed by atoms with Crippen molar-refractivity contribution in [3.63, 3.8) is 0 Å². The topological polar surface area (TPSA) is 12.0 Å². The van der Waals surface area contributed by atoms with Gasteiger partial charge in [0.2, 0.25) is 0 Å². The van der Waals surface area contributed by atoms with E-state index in [1.165, 1.54) is 22.3 Å². The number of hydrogen-bond acceptors (Lipinski definition) is 1. The molecule has 96 valence electrons. The normalized spacial score (nSPS) is 13.2. The van der Waals surface area contributed by atoms with Crippen molar-refractivity contribution in [3.8, 4) is 0 Å². The molecule has 2 aromatic rings. The van der Waals surface area contributed by atoms with Crippen LogP contribution in [-0.4, -0.2) is 6.54 Å². The molecule has 0 saturated carbocycles. The highest BCUT2D eigenvalue weighted by Gasteiger charge is 2.11. The second-order valence-corrected chi connectivity index (χ2v) is 5.00. The number of nitrogens with one attached hydrogen (secondary N) is 1. The first-order valence-corrected chi connectivity index (χ1v) is 6.95. The monoisotopic (exact) mass is 249 g/mol. The third kappa shape index (κ3) is 2.94. The first kappa shape index (κ1) is 12.2. The fraction of sp³-hybridized carbons (Fsp3) is 0.222. The lowest BCUT2D eigenvalue weighted by Gasteiger charge is -2.07. The van der Waals surface area contributed by atoms with Gasteiger partial charge in [0.1, 0.15) is 0 Å². The first-order valence-electron chi connectivity index (χ1n) is 6.95. The van der Waals surface area contributed by atoms with Crippen LogP contribution in [0.4, 0.5) is 0 Å². The van der Waals surface area contributed by atoms with E-state index in [0.29, 0.717) is 0 Å². The van der Waals surface area contributed by atoms with E-state index >= 15 is 0 Å². The van der Waals surface area contributed by atoms with E-state index < -0.39 is 0 Å². The van der Waals surface area contributed by atoms with Gasteiger partial charge in [-0.15, -0.1) is 0 Å². The van der Waals surface area contributed by atoms with Gasteiger partial charge in [-0.1, -0.05) is 60.7 Å². The van der Waals surface area contributed by atoms with Crippen LogP contribution in [0, 0.1) is 0 Å². The molecule has 2 aromatic carbocycles. The molecule has 1 aliphatic rings. The fourth-order valence-electron chi connectivity index (χ4n) is 2.64. The average molecular weight is 249 g/mol. The number of benzene rings is 2. The highest BCUT2D eigenvalue weighted by Crippen LogP contribution is 2.28. The van der Waals surface area contributed by atoms with Crippen molar-refractivity contribution in [3.05, 3.63) is 77.4 Å². The summed E-state index contributed by atoms with van der Waals surface area (Å²) in [5.41, 5.74) is 5.77. The van der Waals surface area contributed by atoms with Gasteiger partial charge in [0.15, 0.2) is 0 Å². The predicted molar refractivity (Wildman–Crippen MR) is 80.9 cm³/mol. The zero-order valence-corrected chi connectivity index (χ0v) is 11.1. The minimum absolute atomic E-state index is 0.954. The van der Waals surface area contributed by atoms with Gasteiger partial charge in [0.25, 0.3) is 0 Å². The van der Waals surface area contributed by atoms with Crippen molar-refractivity contribution in [1.29, 1.82) is 0 Å². The maximum Gasteiger partial charge on any atom is 0.0205 e. The van der Waals surface area contributed by atoms with E-state index in [-0.39, 0.29) is 0 Å². The third-order valence-electron chi connectivity index (χ3n) is 3.67. The summed E-state index contributed by atoms with van der Waals surface area (Å²) in [5.74, 6) is 0. The van der Waals surface area contributed by atoms with Crippen molar-refractivity contribution in [1.82, 2.24) is 5.32 Å². The molecule has 0 saturated heterocycles. The molecule has 0 bridgehead atoms. The van der Waals surface area contributed by atoms with Crippen molar-refractivity contribution >= 4 is 5.57 Å². The van der Waals surface area contributed by atoms with Crippen LogP contribution < -0.4 is 5.32 Å². The summed E-state index contributed by atoms with van der Waals surface area (Å²) in [5, 5.41) is 3.52. The Balaban J connectivity index is 1.49. The van der Waals surface area contributed by atoms with Gasteiger partial charge in [-0.2, -0.15) is 0 Å². The lowest BCUT2D eigenvalue weighted by molar-refractivity contribution is 0.700. The SMILES string of the molecule is C1=C(CCNCc2ccccc2)c2ccccc2C1. The molecular formula is C18H19N. The highest BCUT2D eigenvalue weighted by molar-refractivity contribution is 5.72. The summed E-state index contributed by atoms with van der Waals surface area (Å²) >= 11 is 0. The van der Waals surface area contributed by atoms with E-state index in [9.17, 15) is 0 Å². The Labute approximate surface area is 115 Å². The average Bonchev–Trinajstić information content (AvgIpc) is 2.88. The van der Waals surface area contributed by atoms with Gasteiger partial charge in [0.05, 0.1) is 0 Å². The molecule has 0 atom stereocenters. The summed E-state index contributed by atoms with van der Waals surface area (Å²) in [6.07, 6.45) is 4.59. The van der Waals surface area contributed by atoms with Crippen LogP contribution in [0.15, 0.2) is 60.7 Å². The van der Waals surface area contributed by atoms with Gasteiger partial charge in [-0.3, -0.25) is 0 Å². The van der Waals surface area contributed by atoms with Gasteiger partial charge in [-0.25, -0.2) is 0 Å². The van der Waals surface area contributed by atoms with Crippen LogP contribution >= 0.6 is 0 Å². The van der Waals surface area contributed by atoms with Crippen LogP contribution in [0.1, 0.15) is 23.1 Å². The zero-order chi connectivity index (χ0) is 12.9. The molecule has 0 unspecified atom stereocenters. The van der Waals surface area contributed by atoms with Gasteiger partial charge in [-0.05, 0) is 41.6 Å². The minimum atomic E-state index is 0.954. The third-order valence-corrected chi connectivity index (χ3v) is 3.67. The Morgan fingerprint density at radius 1 is 0.895 bits per heavy atom. The summed E-state index contributed by atoms with van der Waals surface area (Å²) in [6, 6.07) is 19.3. The van der Waals surface area contributed by atoms with E-state index in [1.807, 2.05) is 0 Å². The minimum Gasteiger partial charge on any atom is -0.312 e. The van der Waals surface area contributed by atoms with E-state index in [4.69, 9.17) is 0 Å². The Hall–Kier alpha value is -1.86. The molecule has 1 nitrogen and oxygen atoms in total. The molecule has 1 heteroatoms. The number of allylic oxidation sites excluding steroid dienone is 1. The van der Waals surface area contributed by atoms with E-state index in [2.05, 4.69) is 66.0 Å². The predicted octanol–water partition coefficient (Wildman–Crippen LogP) is 3.81. The Morgan fingerprint density at radius 2 is 1.68 bits per heavy atom. The number of rotatable bonds is 5. The van der Waals surface area contributed by atoms with Crippen LogP contribution in [-0.2, 0) is 13.0 Å². The van der Waals surface area contributed by atoms with E-state index in [1.54, 1.807) is 0 Å². The summed E-state index contributed by atoms with van der Waals surface area (Å²) in [4.78, 5) is 0. The highest BCUT2D eigenvalue weighted by atomic mass is 14.8. The van der Waals surface area contributed by atoms with Crippen LogP contribution in [0.3, 0.4) is 0 Å². The summed E-state index contributed by atoms with van der Waals surface area (Å²) in [6.45, 7) is 1.99. The quantitative estimate of drug-likeness (QED) is 0.795. The van der Waals surface area contributed by atoms with Crippen LogP contribution in [0.5, 0.6) is 0 Å². The second-order valence-electron chi connectivity index (χ2n) is 5.00. The molecular weight excluding hydrogens is 230 g/mol. The Kier molecular flexibility index (Phi) is 3.75. The van der Waals surface area contributed by atoms with Gasteiger partial charge >= 0.3 is 0 Å². The van der Waals surface area contributed by atoms with Crippen LogP contribution in [0.2, 0.25) is 0 Å². The van der Waals surface area contributed by atoms with Crippen molar-refractivity contribution in [2.24, 2.45) is 0 Å². The summed E-state index contributed by atoms with van der Waals surface area (Å²) in [7, 11) is 0. The summed E-state index contributed by atoms with van der Waals surface area (Å²) < 4.78 is 0. The molecule has 0 aliphatic heterocycles. The molecule has 0 fully saturated rings. The standard InChI is InChI=1S/C18H19N/c1-2-6-15(7-3-1)14-19-13-12-17-11-10-16-8-4-5-9-18(16)17/h1-9,11,19H,10,12-14H2. The lowest BCUT2D eigenvalue weighted by Crippen LogP contribution is -2.14. The maximum absolute atomic E-state index is 3.52. The molecule has 1 N–H and O–H groups in total. The molecule has 0 aromatic heterocycles. The fourth-order valence-corrected chi connectivity index (χ4v) is 2.64. The lowest BCUT2D eigenvalue weighted by atomic mass is 10.0. The Bertz CT molecular complexity index is 569. The first-order chi connectivity index (χ1) is 9.43. The molecule has 0 spiro atoms. The smallest absolute Gasteiger partial charge is 0.0205 e. The molecule has 19 heavy (non-hydrogen) atoms. The van der Waals surface area contributed by atoms with E-state index in [0.717, 1.165) is 25.9 Å². The maximum atomic E-state index is 3.52. The largest absolute Gasteiger partial charge is 0.312 e. The second kappa shape index (κ2) is 5.85. The molecule has 0 heterocycles. The van der Waals surface area contributed by atoms with Crippen molar-refractivity contribution in [2.45, 2.75) is 19.4 Å². The molecule has 1 aliphatic carbocycles. The number of fused-ring (bicyclic) bond motifs is 1. The van der Waals surface area contributed by atoms with Gasteiger partial charge < -0.3 is 5.32 Å². The van der Waals surface area contributed by atoms with Gasteiger partial charge in [0, 0.05) is 6.54 Å². The molecule has 3 rings (SSSR count).